The van der Waals surface area contributed by atoms with Crippen molar-refractivity contribution < 1.29 is 161 Å². The third-order valence-electron chi connectivity index (χ3n) is 25.7. The zero-order chi connectivity index (χ0) is 80.6. The number of aryl methyl sites for hydroxylation is 3. The van der Waals surface area contributed by atoms with Gasteiger partial charge in [-0.05, 0) is 184 Å². The SMILES string of the molecule is CC1=C[C@H](O/C=C2/C(=O)O[C@H]3c4c(C)cccc4C[C@@H]23)OC1=O.CCOC=O.C[C@@]12C(=O)OC(O/C=C3/C(=O)OC4c5ccccc5CC34)C1[C@@H]1C=C[C@H]2C1.C[C@@]12C(=O)O[C@@H](Cl)[C@H]1[C@H]1C=CC2C1.Cc1cccc2c1C1OC(=O)CC1C2.O=c1c(O)c(-c2ccccc2)oc2ccccc12.[CH-]=C1C(=O)OC2c3c(C)cccc3CC12.[H-].[Na+].[Na+].[OH-]. The Morgan fingerprint density at radius 3 is 1.67 bits per heavy atom. The first-order valence-corrected chi connectivity index (χ1v) is 39.5. The van der Waals surface area contributed by atoms with E-state index in [9.17, 15) is 48.3 Å². The Hall–Kier alpha value is -9.62. The summed E-state index contributed by atoms with van der Waals surface area (Å²) in [6.07, 6.45) is 17.2. The van der Waals surface area contributed by atoms with Crippen molar-refractivity contribution in [1.82, 2.24) is 0 Å². The predicted molar refractivity (Wildman–Crippen MR) is 419 cm³/mol. The topological polar surface area (TPSA) is 309 Å². The van der Waals surface area contributed by atoms with E-state index in [0.29, 0.717) is 82.0 Å². The second-order valence-electron chi connectivity index (χ2n) is 32.1. The number of rotatable bonds is 7. The molecule has 2 saturated carbocycles. The van der Waals surface area contributed by atoms with Crippen LogP contribution in [0.5, 0.6) is 5.75 Å². The van der Waals surface area contributed by atoms with Gasteiger partial charge in [0.15, 0.2) is 17.3 Å². The maximum absolute atomic E-state index is 12.5. The van der Waals surface area contributed by atoms with Crippen LogP contribution in [0.15, 0.2) is 208 Å². The molecule has 2 N–H and O–H groups in total. The summed E-state index contributed by atoms with van der Waals surface area (Å²) >= 11 is 6.01. The number of esters is 7. The number of ether oxygens (including phenoxy) is 10. The molecule has 8 heterocycles. The Kier molecular flexibility index (Phi) is 25.6. The number of carbonyl (C=O) groups is 8. The van der Waals surface area contributed by atoms with Crippen LogP contribution >= 0.6 is 11.6 Å². The molecule has 8 aliphatic carbocycles. The Morgan fingerprint density at radius 1 is 0.542 bits per heavy atom. The summed E-state index contributed by atoms with van der Waals surface area (Å²) in [5, 5.41) is 10.3. The summed E-state index contributed by atoms with van der Waals surface area (Å²) in [6, 6.07) is 42.6. The fraction of sp³-hybridized carbons (Fsp3) is 0.366. The largest absolute Gasteiger partial charge is 1.00 e. The molecule has 22 rings (SSSR count). The van der Waals surface area contributed by atoms with E-state index in [1.807, 2.05) is 88.4 Å². The van der Waals surface area contributed by atoms with Gasteiger partial charge >= 0.3 is 94.9 Å². The molecule has 1 aromatic heterocycles. The number of aromatic hydroxyl groups is 1. The van der Waals surface area contributed by atoms with Crippen molar-refractivity contribution in [2.24, 2.45) is 70.0 Å². The smallest absolute Gasteiger partial charge is 1.00 e. The third kappa shape index (κ3) is 15.5. The van der Waals surface area contributed by atoms with E-state index in [1.165, 1.54) is 51.5 Å². The molecule has 9 unspecified atom stereocenters. The third-order valence-corrected chi connectivity index (χ3v) is 26.1. The number of para-hydroxylation sites is 1. The number of fused-ring (bicyclic) bond motifs is 23. The average molecular weight is 1640 g/mol. The zero-order valence-electron chi connectivity index (χ0n) is 67.8. The zero-order valence-corrected chi connectivity index (χ0v) is 71.6. The fourth-order valence-corrected chi connectivity index (χ4v) is 20.4. The number of benzene rings is 6. The van der Waals surface area contributed by atoms with Crippen LogP contribution in [0.2, 0.25) is 0 Å². The molecule has 22 nitrogen and oxygen atoms in total. The van der Waals surface area contributed by atoms with E-state index < -0.39 is 35.0 Å². The number of hydrogen-bond acceptors (Lipinski definition) is 22. The second kappa shape index (κ2) is 35.0. The minimum atomic E-state index is -0.771. The molecule has 4 bridgehead atoms. The first-order chi connectivity index (χ1) is 55.4. The molecule has 15 aliphatic rings. The van der Waals surface area contributed by atoms with Crippen LogP contribution in [0.25, 0.3) is 22.3 Å². The van der Waals surface area contributed by atoms with Crippen LogP contribution in [0.1, 0.15) is 134 Å². The van der Waals surface area contributed by atoms with Gasteiger partial charge in [-0.2, -0.15) is 0 Å². The summed E-state index contributed by atoms with van der Waals surface area (Å²) in [5.74, 6) is 0.0635. The molecule has 7 aliphatic heterocycles. The van der Waals surface area contributed by atoms with E-state index >= 15 is 0 Å². The van der Waals surface area contributed by atoms with Gasteiger partial charge in [0.2, 0.25) is 17.5 Å². The summed E-state index contributed by atoms with van der Waals surface area (Å²) < 4.78 is 58.7. The van der Waals surface area contributed by atoms with Crippen LogP contribution in [0.4, 0.5) is 0 Å². The van der Waals surface area contributed by atoms with Gasteiger partial charge in [-0.15, -0.1) is 5.57 Å². The number of halogens is 1. The molecule has 19 atom stereocenters. The normalized spacial score (nSPS) is 31.0. The maximum Gasteiger partial charge on any atom is 1.00 e. The van der Waals surface area contributed by atoms with Crippen molar-refractivity contribution >= 4 is 70.8 Å². The molecule has 8 fully saturated rings. The van der Waals surface area contributed by atoms with E-state index in [2.05, 4.69) is 72.4 Å². The Balaban J connectivity index is 0.000000131. The van der Waals surface area contributed by atoms with E-state index in [-0.39, 0.29) is 179 Å². The molecule has 6 saturated heterocycles. The van der Waals surface area contributed by atoms with E-state index in [1.54, 1.807) is 56.3 Å². The van der Waals surface area contributed by atoms with Crippen molar-refractivity contribution in [2.75, 3.05) is 6.61 Å². The molecule has 0 amide bonds. The van der Waals surface area contributed by atoms with Gasteiger partial charge in [0.25, 0.3) is 12.8 Å². The number of allylic oxidation sites excluding steroid dienone is 4. The van der Waals surface area contributed by atoms with Crippen molar-refractivity contribution in [2.45, 2.75) is 136 Å². The van der Waals surface area contributed by atoms with E-state index in [4.69, 9.17) is 65.2 Å². The minimum absolute atomic E-state index is 0. The summed E-state index contributed by atoms with van der Waals surface area (Å²) in [5.41, 5.74) is 14.7. The molecule has 0 spiro atoms. The van der Waals surface area contributed by atoms with Gasteiger partial charge in [-0.1, -0.05) is 157 Å². The molecule has 0 radical (unpaired) electrons. The molecule has 6 aromatic carbocycles. The first kappa shape index (κ1) is 86.2. The second-order valence-corrected chi connectivity index (χ2v) is 32.5. The summed E-state index contributed by atoms with van der Waals surface area (Å²) in [7, 11) is 0. The molecule has 602 valence electrons. The molecule has 7 aromatic rings. The predicted octanol–water partition coefficient (Wildman–Crippen LogP) is 9.07. The number of alkyl halides is 1. The van der Waals surface area contributed by atoms with Crippen LogP contribution < -0.4 is 64.5 Å². The Bertz CT molecular complexity index is 5420. The Morgan fingerprint density at radius 2 is 1.06 bits per heavy atom. The molecule has 118 heavy (non-hydrogen) atoms. The van der Waals surface area contributed by atoms with Gasteiger partial charge in [0.05, 0.1) is 58.8 Å². The maximum atomic E-state index is 12.5. The first-order valence-electron chi connectivity index (χ1n) is 39.0. The van der Waals surface area contributed by atoms with E-state index in [0.717, 1.165) is 60.8 Å². The van der Waals surface area contributed by atoms with Crippen LogP contribution in [0.3, 0.4) is 0 Å². The molecular weight excluding hydrogens is 1550 g/mol. The van der Waals surface area contributed by atoms with Gasteiger partial charge < -0.3 is 68.6 Å². The minimum Gasteiger partial charge on any atom is -1.00 e. The van der Waals surface area contributed by atoms with Crippen molar-refractivity contribution in [3.63, 3.8) is 0 Å². The van der Waals surface area contributed by atoms with Gasteiger partial charge in [0, 0.05) is 46.8 Å². The number of cyclic esters (lactones) is 3. The summed E-state index contributed by atoms with van der Waals surface area (Å²) in [4.78, 5) is 104. The van der Waals surface area contributed by atoms with Gasteiger partial charge in [-0.3, -0.25) is 30.6 Å². The molecular formula is C93H88ClNa2O22-. The quantitative estimate of drug-likeness (QED) is 0.0179. The fourth-order valence-electron chi connectivity index (χ4n) is 19.9. The average Bonchev–Trinajstić information content (AvgIpc) is 1.55. The van der Waals surface area contributed by atoms with Crippen molar-refractivity contribution in [3.8, 4) is 17.1 Å². The summed E-state index contributed by atoms with van der Waals surface area (Å²) in [6.45, 7) is 20.2. The number of hydrogen-bond donors (Lipinski definition) is 1. The van der Waals surface area contributed by atoms with Crippen LogP contribution in [-0.2, 0) is 111 Å². The Labute approximate surface area is 732 Å². The van der Waals surface area contributed by atoms with Crippen molar-refractivity contribution in [1.29, 1.82) is 0 Å². The monoisotopic (exact) mass is 1640 g/mol. The van der Waals surface area contributed by atoms with Crippen LogP contribution in [0, 0.1) is 97.4 Å². The van der Waals surface area contributed by atoms with Gasteiger partial charge in [0.1, 0.15) is 30.0 Å². The standard InChI is InChI=1S/C22H20O5.C18H16O5.C15H10O3.C13H11O2.C12H12O2.C10H11ClO2.C3H6O2.2Na.H2O.H/c1-22-13-7-6-12(8-13)17(22)20(27-21(22)24)25-10-16-15-9-11-4-2-3-5-14(11)18(15)26-19(16)23;1-9-4-3-5-11-7-12-13(18(20)23-16(12)15(9)11)8-21-14-6-10(2)17(19)22-14;16-13-11-8-4-5-9-12(11)18-15(14(13)17)10-6-2-1-3-7-10;1-7-4-3-5-9-6-10-8(2)13(14)15-12(10)11(7)9;1-7-3-2-4-8-5-9-6-10(13)14-12(9)11(7)8;1-10-6-3-2-5(4-6)7(10)8(11)13-9(10)12;1-2-5-3-4;;;;/h2-7,10,12-13,15,17-18,20H,8-9H2,1H3;3-6,8,12,14,16H,7H2,1-2H3;1-9,17H;2-5,10,12H,6H2,1H3;2-4,9,12H,5-6H2,1H3;2-3,5-8H,4H2,1H3;3H,2H2,1H3;;;1H2;/q;;;-1;;;;2*+1;;-1/p-1/b16-10+;13-8+;;;;;;;;;/t12-,13+,15?,17?,18?,20?,22+;12-,14+,16+;;;;5-,6?,7+,8+,10-;;;;;/m10...0...../s1. The van der Waals surface area contributed by atoms with Gasteiger partial charge in [-0.25, -0.2) is 14.4 Å². The van der Waals surface area contributed by atoms with Crippen molar-refractivity contribution in [3.05, 3.63) is 277 Å². The van der Waals surface area contributed by atoms with Crippen LogP contribution in [-0.4, -0.2) is 83.6 Å². The number of carbonyl (C=O) groups excluding carboxylic acids is 8. The molecule has 25 heteroatoms.